The SMILES string of the molecule is CCCCOc1ccc(Br)cc1C(=O)Nc1ccccc1OCC(C)C. The van der Waals surface area contributed by atoms with Crippen molar-refractivity contribution in [2.45, 2.75) is 33.6 Å². The highest BCUT2D eigenvalue weighted by Crippen LogP contribution is 2.28. The number of hydrogen-bond donors (Lipinski definition) is 1. The number of carbonyl (C=O) groups is 1. The third-order valence-electron chi connectivity index (χ3n) is 3.65. The van der Waals surface area contributed by atoms with Crippen LogP contribution >= 0.6 is 15.9 Å². The molecule has 26 heavy (non-hydrogen) atoms. The van der Waals surface area contributed by atoms with Gasteiger partial charge < -0.3 is 14.8 Å². The van der Waals surface area contributed by atoms with E-state index in [0.29, 0.717) is 41.9 Å². The summed E-state index contributed by atoms with van der Waals surface area (Å²) in [6, 6.07) is 12.9. The van der Waals surface area contributed by atoms with Crippen molar-refractivity contribution in [1.29, 1.82) is 0 Å². The number of anilines is 1. The fourth-order valence-electron chi connectivity index (χ4n) is 2.27. The van der Waals surface area contributed by atoms with Crippen LogP contribution in [0.4, 0.5) is 5.69 Å². The van der Waals surface area contributed by atoms with Crippen LogP contribution < -0.4 is 14.8 Å². The van der Waals surface area contributed by atoms with Gasteiger partial charge in [-0.3, -0.25) is 4.79 Å². The minimum atomic E-state index is -0.224. The number of benzene rings is 2. The molecule has 0 radical (unpaired) electrons. The molecule has 2 aromatic carbocycles. The smallest absolute Gasteiger partial charge is 0.259 e. The van der Waals surface area contributed by atoms with E-state index in [1.807, 2.05) is 36.4 Å². The van der Waals surface area contributed by atoms with Gasteiger partial charge in [0, 0.05) is 4.47 Å². The van der Waals surface area contributed by atoms with Crippen LogP contribution in [0.1, 0.15) is 44.0 Å². The molecule has 0 saturated carbocycles. The van der Waals surface area contributed by atoms with Crippen molar-refractivity contribution in [3.05, 3.63) is 52.5 Å². The van der Waals surface area contributed by atoms with Crippen LogP contribution in [0.25, 0.3) is 0 Å². The first-order chi connectivity index (χ1) is 12.5. The Morgan fingerprint density at radius 3 is 2.62 bits per heavy atom. The van der Waals surface area contributed by atoms with Crippen LogP contribution in [0.3, 0.4) is 0 Å². The molecule has 0 atom stereocenters. The quantitative estimate of drug-likeness (QED) is 0.513. The van der Waals surface area contributed by atoms with Crippen LogP contribution in [0.15, 0.2) is 46.9 Å². The Hall–Kier alpha value is -2.01. The van der Waals surface area contributed by atoms with Crippen LogP contribution in [-0.4, -0.2) is 19.1 Å². The summed E-state index contributed by atoms with van der Waals surface area (Å²) in [4.78, 5) is 12.8. The zero-order valence-electron chi connectivity index (χ0n) is 15.5. The summed E-state index contributed by atoms with van der Waals surface area (Å²) < 4.78 is 12.4. The minimum Gasteiger partial charge on any atom is -0.493 e. The van der Waals surface area contributed by atoms with E-state index in [0.717, 1.165) is 17.3 Å². The van der Waals surface area contributed by atoms with Gasteiger partial charge in [-0.15, -0.1) is 0 Å². The average molecular weight is 420 g/mol. The Morgan fingerprint density at radius 2 is 1.88 bits per heavy atom. The minimum absolute atomic E-state index is 0.224. The summed E-state index contributed by atoms with van der Waals surface area (Å²) in [5, 5.41) is 2.94. The fraction of sp³-hybridized carbons (Fsp3) is 0.381. The molecule has 1 amide bonds. The lowest BCUT2D eigenvalue weighted by Gasteiger charge is -2.15. The van der Waals surface area contributed by atoms with Crippen LogP contribution in [0.5, 0.6) is 11.5 Å². The number of carbonyl (C=O) groups excluding carboxylic acids is 1. The Bertz CT molecular complexity index is 731. The van der Waals surface area contributed by atoms with Gasteiger partial charge in [0.2, 0.25) is 0 Å². The van der Waals surface area contributed by atoms with Crippen LogP contribution in [-0.2, 0) is 0 Å². The maximum absolute atomic E-state index is 12.8. The van der Waals surface area contributed by atoms with E-state index in [1.54, 1.807) is 6.07 Å². The van der Waals surface area contributed by atoms with Gasteiger partial charge >= 0.3 is 0 Å². The molecule has 2 rings (SSSR count). The van der Waals surface area contributed by atoms with E-state index >= 15 is 0 Å². The highest BCUT2D eigenvalue weighted by molar-refractivity contribution is 9.10. The lowest BCUT2D eigenvalue weighted by molar-refractivity contribution is 0.102. The maximum atomic E-state index is 12.8. The monoisotopic (exact) mass is 419 g/mol. The Morgan fingerprint density at radius 1 is 1.12 bits per heavy atom. The van der Waals surface area contributed by atoms with Gasteiger partial charge in [-0.1, -0.05) is 55.3 Å². The van der Waals surface area contributed by atoms with Gasteiger partial charge in [-0.2, -0.15) is 0 Å². The molecule has 2 aromatic rings. The van der Waals surface area contributed by atoms with Crippen LogP contribution in [0.2, 0.25) is 0 Å². The van der Waals surface area contributed by atoms with Gasteiger partial charge in [0.25, 0.3) is 5.91 Å². The standard InChI is InChI=1S/C21H26BrNO3/c1-4-5-12-25-19-11-10-16(22)13-17(19)21(24)23-18-8-6-7-9-20(18)26-14-15(2)3/h6-11,13,15H,4-5,12,14H2,1-3H3,(H,23,24). The van der Waals surface area contributed by atoms with Gasteiger partial charge in [-0.05, 0) is 42.7 Å². The van der Waals surface area contributed by atoms with Crippen molar-refractivity contribution in [3.63, 3.8) is 0 Å². The molecule has 0 heterocycles. The predicted molar refractivity (Wildman–Crippen MR) is 109 cm³/mol. The van der Waals surface area contributed by atoms with Crippen molar-refractivity contribution in [1.82, 2.24) is 0 Å². The van der Waals surface area contributed by atoms with Gasteiger partial charge in [0.1, 0.15) is 11.5 Å². The molecule has 5 heteroatoms. The van der Waals surface area contributed by atoms with E-state index in [9.17, 15) is 4.79 Å². The Labute approximate surface area is 164 Å². The number of nitrogens with one attached hydrogen (secondary N) is 1. The summed E-state index contributed by atoms with van der Waals surface area (Å²) in [6.07, 6.45) is 1.99. The van der Waals surface area contributed by atoms with E-state index in [2.05, 4.69) is 42.0 Å². The largest absolute Gasteiger partial charge is 0.493 e. The third-order valence-corrected chi connectivity index (χ3v) is 4.14. The first-order valence-corrected chi connectivity index (χ1v) is 9.76. The summed E-state index contributed by atoms with van der Waals surface area (Å²) >= 11 is 3.43. The second-order valence-electron chi connectivity index (χ2n) is 6.50. The summed E-state index contributed by atoms with van der Waals surface area (Å²) in [5.74, 6) is 1.43. The Kier molecular flexibility index (Phi) is 7.98. The van der Waals surface area contributed by atoms with Crippen molar-refractivity contribution >= 4 is 27.5 Å². The van der Waals surface area contributed by atoms with Crippen molar-refractivity contribution in [2.24, 2.45) is 5.92 Å². The van der Waals surface area contributed by atoms with Gasteiger partial charge in [0.15, 0.2) is 0 Å². The first kappa shape index (κ1) is 20.3. The number of rotatable bonds is 9. The molecule has 0 aromatic heterocycles. The van der Waals surface area contributed by atoms with Gasteiger partial charge in [0.05, 0.1) is 24.5 Å². The third kappa shape index (κ3) is 6.06. The van der Waals surface area contributed by atoms with Crippen LogP contribution in [0, 0.1) is 5.92 Å². The molecule has 0 unspecified atom stereocenters. The maximum Gasteiger partial charge on any atom is 0.259 e. The number of para-hydroxylation sites is 2. The summed E-state index contributed by atoms with van der Waals surface area (Å²) in [6.45, 7) is 7.46. The second-order valence-corrected chi connectivity index (χ2v) is 7.41. The molecular weight excluding hydrogens is 394 g/mol. The fourth-order valence-corrected chi connectivity index (χ4v) is 2.63. The molecule has 0 fully saturated rings. The molecule has 0 spiro atoms. The van der Waals surface area contributed by atoms with Crippen molar-refractivity contribution in [2.75, 3.05) is 18.5 Å². The lowest BCUT2D eigenvalue weighted by Crippen LogP contribution is -2.15. The molecule has 0 saturated heterocycles. The zero-order valence-corrected chi connectivity index (χ0v) is 17.1. The highest BCUT2D eigenvalue weighted by atomic mass is 79.9. The van der Waals surface area contributed by atoms with E-state index in [-0.39, 0.29) is 5.91 Å². The number of unbranched alkanes of at least 4 members (excludes halogenated alkanes) is 1. The molecule has 4 nitrogen and oxygen atoms in total. The van der Waals surface area contributed by atoms with Gasteiger partial charge in [-0.25, -0.2) is 0 Å². The molecule has 0 aliphatic carbocycles. The van der Waals surface area contributed by atoms with E-state index < -0.39 is 0 Å². The van der Waals surface area contributed by atoms with Crippen molar-refractivity contribution in [3.8, 4) is 11.5 Å². The first-order valence-electron chi connectivity index (χ1n) is 8.96. The highest BCUT2D eigenvalue weighted by Gasteiger charge is 2.15. The molecule has 0 aliphatic rings. The summed E-state index contributed by atoms with van der Waals surface area (Å²) in [5.41, 5.74) is 1.15. The Balaban J connectivity index is 2.18. The molecule has 0 bridgehead atoms. The number of amides is 1. The molecule has 0 aliphatic heterocycles. The van der Waals surface area contributed by atoms with Crippen molar-refractivity contribution < 1.29 is 14.3 Å². The second kappa shape index (κ2) is 10.2. The predicted octanol–water partition coefficient (Wildman–Crippen LogP) is 5.92. The number of ether oxygens (including phenoxy) is 2. The normalized spacial score (nSPS) is 10.7. The summed E-state index contributed by atoms with van der Waals surface area (Å²) in [7, 11) is 0. The zero-order chi connectivity index (χ0) is 18.9. The lowest BCUT2D eigenvalue weighted by atomic mass is 10.1. The average Bonchev–Trinajstić information content (AvgIpc) is 2.62. The number of hydrogen-bond acceptors (Lipinski definition) is 3. The van der Waals surface area contributed by atoms with E-state index in [1.165, 1.54) is 0 Å². The molecule has 140 valence electrons. The molecular formula is C21H26BrNO3. The van der Waals surface area contributed by atoms with E-state index in [4.69, 9.17) is 9.47 Å². The topological polar surface area (TPSA) is 47.6 Å². The number of halogens is 1. The molecule has 1 N–H and O–H groups in total.